The Morgan fingerprint density at radius 1 is 1.31 bits per heavy atom. The molecule has 4 heteroatoms. The van der Waals surface area contributed by atoms with Crippen molar-refractivity contribution in [3.05, 3.63) is 34.9 Å². The molecule has 0 heterocycles. The smallest absolute Gasteiger partial charge is 0.251 e. The van der Waals surface area contributed by atoms with Crippen molar-refractivity contribution in [3.63, 3.8) is 0 Å². The Labute approximate surface area is 100 Å². The van der Waals surface area contributed by atoms with Crippen LogP contribution in [-0.2, 0) is 0 Å². The van der Waals surface area contributed by atoms with Crippen molar-refractivity contribution in [3.8, 4) is 0 Å². The molecule has 88 valence electrons. The first kappa shape index (κ1) is 13.0. The Bertz CT molecular complexity index is 342. The molecule has 0 radical (unpaired) electrons. The Morgan fingerprint density at radius 2 is 2.12 bits per heavy atom. The molecule has 0 saturated heterocycles. The van der Waals surface area contributed by atoms with Gasteiger partial charge in [0.1, 0.15) is 0 Å². The molecule has 1 amide bonds. The van der Waals surface area contributed by atoms with Gasteiger partial charge in [-0.1, -0.05) is 17.7 Å². The van der Waals surface area contributed by atoms with Gasteiger partial charge in [-0.3, -0.25) is 4.79 Å². The maximum atomic E-state index is 11.6. The van der Waals surface area contributed by atoms with Crippen molar-refractivity contribution in [2.75, 3.05) is 13.2 Å². The lowest BCUT2D eigenvalue weighted by Gasteiger charge is -2.04. The number of nitrogens with one attached hydrogen (secondary N) is 1. The molecule has 1 aromatic carbocycles. The second-order valence-electron chi connectivity index (χ2n) is 3.55. The Balaban J connectivity index is 2.30. The number of carbonyl (C=O) groups excluding carboxylic acids is 1. The number of rotatable bonds is 6. The number of benzene rings is 1. The van der Waals surface area contributed by atoms with Crippen molar-refractivity contribution in [1.82, 2.24) is 5.32 Å². The van der Waals surface area contributed by atoms with E-state index in [9.17, 15) is 4.79 Å². The van der Waals surface area contributed by atoms with E-state index in [0.29, 0.717) is 17.1 Å². The fraction of sp³-hybridized carbons (Fsp3) is 0.417. The molecule has 0 aliphatic rings. The number of hydrogen-bond acceptors (Lipinski definition) is 2. The zero-order valence-corrected chi connectivity index (χ0v) is 9.83. The van der Waals surface area contributed by atoms with Gasteiger partial charge in [-0.2, -0.15) is 0 Å². The molecule has 1 aromatic rings. The van der Waals surface area contributed by atoms with Gasteiger partial charge in [-0.05, 0) is 37.5 Å². The quantitative estimate of drug-likeness (QED) is 0.751. The van der Waals surface area contributed by atoms with Gasteiger partial charge in [-0.15, -0.1) is 0 Å². The molecule has 3 nitrogen and oxygen atoms in total. The van der Waals surface area contributed by atoms with Crippen LogP contribution in [0.3, 0.4) is 0 Å². The van der Waals surface area contributed by atoms with Crippen LogP contribution in [0.15, 0.2) is 24.3 Å². The van der Waals surface area contributed by atoms with Gasteiger partial charge in [0.05, 0.1) is 0 Å². The summed E-state index contributed by atoms with van der Waals surface area (Å²) in [5, 5.41) is 12.0. The third-order valence-electron chi connectivity index (χ3n) is 2.21. The van der Waals surface area contributed by atoms with E-state index in [-0.39, 0.29) is 12.5 Å². The van der Waals surface area contributed by atoms with Gasteiger partial charge in [0.2, 0.25) is 0 Å². The molecule has 0 spiro atoms. The lowest BCUT2D eigenvalue weighted by Crippen LogP contribution is -2.24. The minimum atomic E-state index is -0.105. The number of carbonyl (C=O) groups is 1. The highest BCUT2D eigenvalue weighted by molar-refractivity contribution is 6.30. The standard InChI is InChI=1S/C12H16ClNO2/c13-11-6-4-5-10(9-11)12(16)14-7-2-1-3-8-15/h4-6,9,15H,1-3,7-8H2,(H,14,16). The van der Waals surface area contributed by atoms with Crippen molar-refractivity contribution >= 4 is 17.5 Å². The van der Waals surface area contributed by atoms with Crippen molar-refractivity contribution in [2.45, 2.75) is 19.3 Å². The summed E-state index contributed by atoms with van der Waals surface area (Å²) in [6, 6.07) is 6.86. The molecule has 0 bridgehead atoms. The Morgan fingerprint density at radius 3 is 2.81 bits per heavy atom. The first-order valence-corrected chi connectivity index (χ1v) is 5.76. The van der Waals surface area contributed by atoms with Crippen molar-refractivity contribution in [2.24, 2.45) is 0 Å². The fourth-order valence-electron chi connectivity index (χ4n) is 1.35. The van der Waals surface area contributed by atoms with Crippen LogP contribution >= 0.6 is 11.6 Å². The molecule has 16 heavy (non-hydrogen) atoms. The third-order valence-corrected chi connectivity index (χ3v) is 2.44. The first-order chi connectivity index (χ1) is 7.74. The monoisotopic (exact) mass is 241 g/mol. The minimum absolute atomic E-state index is 0.105. The average molecular weight is 242 g/mol. The van der Waals surface area contributed by atoms with Gasteiger partial charge < -0.3 is 10.4 Å². The van der Waals surface area contributed by atoms with E-state index >= 15 is 0 Å². The molecule has 0 atom stereocenters. The van der Waals surface area contributed by atoms with Crippen molar-refractivity contribution in [1.29, 1.82) is 0 Å². The largest absolute Gasteiger partial charge is 0.396 e. The highest BCUT2D eigenvalue weighted by Gasteiger charge is 2.04. The number of unbranched alkanes of at least 4 members (excludes halogenated alkanes) is 2. The second-order valence-corrected chi connectivity index (χ2v) is 3.99. The van der Waals surface area contributed by atoms with E-state index in [1.54, 1.807) is 24.3 Å². The van der Waals surface area contributed by atoms with Crippen LogP contribution in [0, 0.1) is 0 Å². The molecule has 0 saturated carbocycles. The van der Waals surface area contributed by atoms with Crippen LogP contribution in [0.4, 0.5) is 0 Å². The van der Waals surface area contributed by atoms with E-state index in [4.69, 9.17) is 16.7 Å². The van der Waals surface area contributed by atoms with Gasteiger partial charge in [0.25, 0.3) is 5.91 Å². The summed E-state index contributed by atoms with van der Waals surface area (Å²) < 4.78 is 0. The van der Waals surface area contributed by atoms with E-state index in [1.165, 1.54) is 0 Å². The molecule has 0 fully saturated rings. The number of amides is 1. The fourth-order valence-corrected chi connectivity index (χ4v) is 1.54. The highest BCUT2D eigenvalue weighted by Crippen LogP contribution is 2.10. The number of halogens is 1. The second kappa shape index (κ2) is 7.25. The minimum Gasteiger partial charge on any atom is -0.396 e. The number of hydrogen-bond donors (Lipinski definition) is 2. The maximum absolute atomic E-state index is 11.6. The summed E-state index contributed by atoms with van der Waals surface area (Å²) in [6.45, 7) is 0.841. The van der Waals surface area contributed by atoms with Crippen molar-refractivity contribution < 1.29 is 9.90 Å². The summed E-state index contributed by atoms with van der Waals surface area (Å²) in [4.78, 5) is 11.6. The SMILES string of the molecule is O=C(NCCCCCO)c1cccc(Cl)c1. The summed E-state index contributed by atoms with van der Waals surface area (Å²) in [5.74, 6) is -0.105. The highest BCUT2D eigenvalue weighted by atomic mass is 35.5. The van der Waals surface area contributed by atoms with Gasteiger partial charge >= 0.3 is 0 Å². The summed E-state index contributed by atoms with van der Waals surface area (Å²) >= 11 is 5.78. The molecule has 0 aliphatic carbocycles. The van der Waals surface area contributed by atoms with E-state index in [2.05, 4.69) is 5.32 Å². The lowest BCUT2D eigenvalue weighted by atomic mass is 10.2. The van der Waals surface area contributed by atoms with Crippen LogP contribution in [-0.4, -0.2) is 24.2 Å². The third kappa shape index (κ3) is 4.64. The average Bonchev–Trinajstić information content (AvgIpc) is 2.28. The molecule has 2 N–H and O–H groups in total. The predicted molar refractivity (Wildman–Crippen MR) is 64.7 cm³/mol. The van der Waals surface area contributed by atoms with Gasteiger partial charge in [0.15, 0.2) is 0 Å². The van der Waals surface area contributed by atoms with Crippen LogP contribution < -0.4 is 5.32 Å². The zero-order valence-electron chi connectivity index (χ0n) is 9.08. The topological polar surface area (TPSA) is 49.3 Å². The van der Waals surface area contributed by atoms with Gasteiger partial charge in [-0.25, -0.2) is 0 Å². The number of aliphatic hydroxyl groups is 1. The first-order valence-electron chi connectivity index (χ1n) is 5.38. The summed E-state index contributed by atoms with van der Waals surface area (Å²) in [7, 11) is 0. The maximum Gasteiger partial charge on any atom is 0.251 e. The summed E-state index contributed by atoms with van der Waals surface area (Å²) in [5.41, 5.74) is 0.578. The van der Waals surface area contributed by atoms with E-state index in [0.717, 1.165) is 19.3 Å². The van der Waals surface area contributed by atoms with E-state index in [1.807, 2.05) is 0 Å². The predicted octanol–water partition coefficient (Wildman–Crippen LogP) is 2.23. The van der Waals surface area contributed by atoms with Crippen LogP contribution in [0.25, 0.3) is 0 Å². The Hall–Kier alpha value is -1.06. The molecule has 0 aliphatic heterocycles. The molecule has 0 aromatic heterocycles. The lowest BCUT2D eigenvalue weighted by molar-refractivity contribution is 0.0953. The summed E-state index contributed by atoms with van der Waals surface area (Å²) in [6.07, 6.45) is 2.59. The molecular formula is C12H16ClNO2. The van der Waals surface area contributed by atoms with E-state index < -0.39 is 0 Å². The number of aliphatic hydroxyl groups excluding tert-OH is 1. The molecular weight excluding hydrogens is 226 g/mol. The van der Waals surface area contributed by atoms with Crippen LogP contribution in [0.1, 0.15) is 29.6 Å². The molecule has 0 unspecified atom stereocenters. The van der Waals surface area contributed by atoms with Gasteiger partial charge in [0, 0.05) is 23.7 Å². The zero-order chi connectivity index (χ0) is 11.8. The van der Waals surface area contributed by atoms with Crippen LogP contribution in [0.5, 0.6) is 0 Å². The normalized spacial score (nSPS) is 10.1. The Kier molecular flexibility index (Phi) is 5.90. The molecule has 1 rings (SSSR count). The van der Waals surface area contributed by atoms with Crippen LogP contribution in [0.2, 0.25) is 5.02 Å².